The van der Waals surface area contributed by atoms with Gasteiger partial charge in [0.05, 0.1) is 12.1 Å². The fourth-order valence-electron chi connectivity index (χ4n) is 5.80. The maximum Gasteiger partial charge on any atom is 0.251 e. The average Bonchev–Trinajstić information content (AvgIpc) is 3.54. The zero-order chi connectivity index (χ0) is 22.9. The minimum Gasteiger partial charge on any atom is -0.494 e. The van der Waals surface area contributed by atoms with E-state index in [0.717, 1.165) is 41.6 Å². The molecule has 4 atom stereocenters. The van der Waals surface area contributed by atoms with Crippen molar-refractivity contribution in [2.45, 2.75) is 65.5 Å². The highest BCUT2D eigenvalue weighted by Crippen LogP contribution is 2.49. The van der Waals surface area contributed by atoms with Crippen LogP contribution in [-0.4, -0.2) is 33.5 Å². The number of fused-ring (bicyclic) bond motifs is 3. The number of benzene rings is 2. The second kappa shape index (κ2) is 9.16. The Hall–Kier alpha value is -2.89. The van der Waals surface area contributed by atoms with Crippen molar-refractivity contribution in [1.29, 1.82) is 0 Å². The molecule has 6 heteroatoms. The Morgan fingerprint density at radius 2 is 1.94 bits per heavy atom. The van der Waals surface area contributed by atoms with Crippen molar-refractivity contribution in [3.63, 3.8) is 0 Å². The predicted molar refractivity (Wildman–Crippen MR) is 129 cm³/mol. The van der Waals surface area contributed by atoms with Gasteiger partial charge < -0.3 is 10.1 Å². The molecule has 0 saturated heterocycles. The maximum atomic E-state index is 12.7. The molecule has 4 unspecified atom stereocenters. The van der Waals surface area contributed by atoms with E-state index in [1.54, 1.807) is 0 Å². The van der Waals surface area contributed by atoms with Crippen LogP contribution in [0.15, 0.2) is 36.4 Å². The van der Waals surface area contributed by atoms with Gasteiger partial charge in [0.15, 0.2) is 0 Å². The monoisotopic (exact) mass is 446 g/mol. The second-order valence-electron chi connectivity index (χ2n) is 10.1. The van der Waals surface area contributed by atoms with Crippen LogP contribution in [-0.2, 0) is 6.54 Å². The SMILES string of the molecule is Cc1cc2nnn(CCCOc3ccc(C(=O)NC(C)C4CC5CCC4C5)cc3)c2cc1C. The summed E-state index contributed by atoms with van der Waals surface area (Å²) in [6.45, 7) is 7.70. The normalized spacial score (nSPS) is 22.6. The van der Waals surface area contributed by atoms with E-state index in [2.05, 4.69) is 48.5 Å². The molecular formula is C27H34N4O2. The highest BCUT2D eigenvalue weighted by molar-refractivity contribution is 5.94. The van der Waals surface area contributed by atoms with Gasteiger partial charge in [-0.15, -0.1) is 5.10 Å². The molecule has 0 aliphatic heterocycles. The first kappa shape index (κ1) is 21.9. The number of hydrogen-bond donors (Lipinski definition) is 1. The Morgan fingerprint density at radius 3 is 2.67 bits per heavy atom. The van der Waals surface area contributed by atoms with Gasteiger partial charge in [-0.3, -0.25) is 4.79 Å². The Morgan fingerprint density at radius 1 is 1.15 bits per heavy atom. The Balaban J connectivity index is 1.09. The number of nitrogens with zero attached hydrogens (tertiary/aromatic N) is 3. The summed E-state index contributed by atoms with van der Waals surface area (Å²) in [7, 11) is 0. The van der Waals surface area contributed by atoms with Gasteiger partial charge in [0, 0.05) is 24.6 Å². The van der Waals surface area contributed by atoms with Gasteiger partial charge in [-0.05, 0) is 105 Å². The molecule has 2 bridgehead atoms. The highest BCUT2D eigenvalue weighted by atomic mass is 16.5. The first-order valence-electron chi connectivity index (χ1n) is 12.3. The van der Waals surface area contributed by atoms with E-state index in [4.69, 9.17) is 4.74 Å². The summed E-state index contributed by atoms with van der Waals surface area (Å²) in [6.07, 6.45) is 6.20. The van der Waals surface area contributed by atoms with Crippen LogP contribution in [0.1, 0.15) is 60.5 Å². The van der Waals surface area contributed by atoms with E-state index in [0.29, 0.717) is 18.1 Å². The summed E-state index contributed by atoms with van der Waals surface area (Å²) < 4.78 is 7.84. The van der Waals surface area contributed by atoms with Crippen LogP contribution in [0.2, 0.25) is 0 Å². The van der Waals surface area contributed by atoms with E-state index in [1.165, 1.54) is 36.8 Å². The third-order valence-corrected chi connectivity index (χ3v) is 7.82. The summed E-state index contributed by atoms with van der Waals surface area (Å²) in [5, 5.41) is 11.8. The molecule has 0 radical (unpaired) electrons. The van der Waals surface area contributed by atoms with Crippen LogP contribution < -0.4 is 10.1 Å². The van der Waals surface area contributed by atoms with E-state index in [1.807, 2.05) is 28.9 Å². The van der Waals surface area contributed by atoms with Gasteiger partial charge >= 0.3 is 0 Å². The van der Waals surface area contributed by atoms with Gasteiger partial charge in [0.2, 0.25) is 0 Å². The molecule has 1 amide bonds. The predicted octanol–water partition coefficient (Wildman–Crippen LogP) is 5.07. The molecule has 2 fully saturated rings. The number of carbonyl (C=O) groups excluding carboxylic acids is 1. The van der Waals surface area contributed by atoms with Gasteiger partial charge in [-0.1, -0.05) is 11.6 Å². The molecule has 1 N–H and O–H groups in total. The van der Waals surface area contributed by atoms with Crippen molar-refractivity contribution in [2.75, 3.05) is 6.61 Å². The molecule has 1 aromatic heterocycles. The standard InChI is InChI=1S/C27H34N4O2/c1-17-13-25-26(14-18(17)2)31(30-29-25)11-4-12-33-23-9-7-21(8-10-23)27(32)28-19(3)24-16-20-5-6-22(24)15-20/h7-10,13-14,19-20,22,24H,4-6,11-12,15-16H2,1-3H3,(H,28,32). The zero-order valence-corrected chi connectivity index (χ0v) is 19.9. The Labute approximate surface area is 195 Å². The lowest BCUT2D eigenvalue weighted by Gasteiger charge is -2.28. The number of ether oxygens (including phenoxy) is 1. The van der Waals surface area contributed by atoms with E-state index in [9.17, 15) is 4.79 Å². The number of aromatic nitrogens is 3. The van der Waals surface area contributed by atoms with Crippen LogP contribution in [0.5, 0.6) is 5.75 Å². The smallest absolute Gasteiger partial charge is 0.251 e. The van der Waals surface area contributed by atoms with Gasteiger partial charge in [0.1, 0.15) is 11.3 Å². The minimum atomic E-state index is 0.0143. The number of carbonyl (C=O) groups is 1. The van der Waals surface area contributed by atoms with Crippen LogP contribution in [0, 0.1) is 31.6 Å². The van der Waals surface area contributed by atoms with Gasteiger partial charge in [0.25, 0.3) is 5.91 Å². The molecule has 2 aliphatic carbocycles. The first-order valence-corrected chi connectivity index (χ1v) is 12.3. The number of amides is 1. The average molecular weight is 447 g/mol. The molecule has 0 spiro atoms. The summed E-state index contributed by atoms with van der Waals surface area (Å²) in [6, 6.07) is 11.9. The summed E-state index contributed by atoms with van der Waals surface area (Å²) in [4.78, 5) is 12.7. The fourth-order valence-corrected chi connectivity index (χ4v) is 5.80. The maximum absolute atomic E-state index is 12.7. The number of rotatable bonds is 8. The van der Waals surface area contributed by atoms with E-state index < -0.39 is 0 Å². The quantitative estimate of drug-likeness (QED) is 0.491. The van der Waals surface area contributed by atoms with Crippen molar-refractivity contribution < 1.29 is 9.53 Å². The fraction of sp³-hybridized carbons (Fsp3) is 0.519. The molecule has 6 nitrogen and oxygen atoms in total. The zero-order valence-electron chi connectivity index (χ0n) is 19.9. The molecule has 5 rings (SSSR count). The number of hydrogen-bond acceptors (Lipinski definition) is 4. The summed E-state index contributed by atoms with van der Waals surface area (Å²) in [5.41, 5.74) is 5.17. The lowest BCUT2D eigenvalue weighted by atomic mass is 9.84. The van der Waals surface area contributed by atoms with E-state index in [-0.39, 0.29) is 11.9 Å². The van der Waals surface area contributed by atoms with Crippen molar-refractivity contribution >= 4 is 16.9 Å². The Bertz CT molecular complexity index is 1140. The van der Waals surface area contributed by atoms with Crippen LogP contribution in [0.4, 0.5) is 0 Å². The van der Waals surface area contributed by atoms with Crippen molar-refractivity contribution in [3.8, 4) is 5.75 Å². The van der Waals surface area contributed by atoms with Gasteiger partial charge in [-0.25, -0.2) is 4.68 Å². The molecule has 2 aromatic carbocycles. The summed E-state index contributed by atoms with van der Waals surface area (Å²) >= 11 is 0. The molecular weight excluding hydrogens is 412 g/mol. The minimum absolute atomic E-state index is 0.0143. The van der Waals surface area contributed by atoms with Crippen molar-refractivity contribution in [1.82, 2.24) is 20.3 Å². The van der Waals surface area contributed by atoms with Crippen LogP contribution in [0.3, 0.4) is 0 Å². The van der Waals surface area contributed by atoms with Crippen molar-refractivity contribution in [3.05, 3.63) is 53.1 Å². The van der Waals surface area contributed by atoms with Crippen LogP contribution >= 0.6 is 0 Å². The van der Waals surface area contributed by atoms with Gasteiger partial charge in [-0.2, -0.15) is 0 Å². The van der Waals surface area contributed by atoms with Crippen molar-refractivity contribution in [2.24, 2.45) is 17.8 Å². The lowest BCUT2D eigenvalue weighted by molar-refractivity contribution is 0.0915. The highest BCUT2D eigenvalue weighted by Gasteiger charge is 2.42. The lowest BCUT2D eigenvalue weighted by Crippen LogP contribution is -2.40. The topological polar surface area (TPSA) is 69.0 Å². The second-order valence-corrected chi connectivity index (χ2v) is 10.1. The third-order valence-electron chi connectivity index (χ3n) is 7.82. The number of nitrogens with one attached hydrogen (secondary N) is 1. The molecule has 3 aromatic rings. The largest absolute Gasteiger partial charge is 0.494 e. The van der Waals surface area contributed by atoms with E-state index >= 15 is 0 Å². The first-order chi connectivity index (χ1) is 16.0. The number of aryl methyl sites for hydroxylation is 3. The Kier molecular flexibility index (Phi) is 6.09. The molecule has 2 saturated carbocycles. The van der Waals surface area contributed by atoms with Crippen LogP contribution in [0.25, 0.3) is 11.0 Å². The molecule has 1 heterocycles. The molecule has 33 heavy (non-hydrogen) atoms. The molecule has 174 valence electrons. The summed E-state index contributed by atoms with van der Waals surface area (Å²) in [5.74, 6) is 3.14. The third kappa shape index (κ3) is 4.61. The molecule has 2 aliphatic rings.